The molecule has 0 saturated heterocycles. The molecular formula is C10H8Cl2N4S. The van der Waals surface area contributed by atoms with Crippen molar-refractivity contribution in [2.24, 2.45) is 5.73 Å². The lowest BCUT2D eigenvalue weighted by atomic mass is 10.2. The van der Waals surface area contributed by atoms with Crippen molar-refractivity contribution in [2.45, 2.75) is 6.54 Å². The molecule has 0 radical (unpaired) electrons. The lowest BCUT2D eigenvalue weighted by Gasteiger charge is -2.04. The molecule has 0 fully saturated rings. The molecule has 4 nitrogen and oxygen atoms in total. The van der Waals surface area contributed by atoms with E-state index >= 15 is 0 Å². The maximum Gasteiger partial charge on any atom is 0.208 e. The SMILES string of the molecule is NC(=S)c1ncn(Cc2ccc(Cl)cc2Cl)n1. The Labute approximate surface area is 113 Å². The number of aromatic nitrogens is 3. The summed E-state index contributed by atoms with van der Waals surface area (Å²) in [6, 6.07) is 5.30. The topological polar surface area (TPSA) is 56.7 Å². The lowest BCUT2D eigenvalue weighted by Crippen LogP contribution is -2.12. The van der Waals surface area contributed by atoms with Crippen LogP contribution in [0.3, 0.4) is 0 Å². The van der Waals surface area contributed by atoms with Crippen LogP contribution in [0.2, 0.25) is 10.0 Å². The smallest absolute Gasteiger partial charge is 0.208 e. The molecular weight excluding hydrogens is 279 g/mol. The van der Waals surface area contributed by atoms with Crippen molar-refractivity contribution in [3.63, 3.8) is 0 Å². The van der Waals surface area contributed by atoms with E-state index in [4.69, 9.17) is 41.2 Å². The van der Waals surface area contributed by atoms with Gasteiger partial charge in [0.2, 0.25) is 5.82 Å². The van der Waals surface area contributed by atoms with Gasteiger partial charge in [-0.3, -0.25) is 0 Å². The van der Waals surface area contributed by atoms with Gasteiger partial charge in [-0.1, -0.05) is 41.5 Å². The average Bonchev–Trinajstić information content (AvgIpc) is 2.71. The van der Waals surface area contributed by atoms with Gasteiger partial charge in [-0.15, -0.1) is 5.10 Å². The molecule has 0 atom stereocenters. The number of nitrogens with two attached hydrogens (primary N) is 1. The van der Waals surface area contributed by atoms with Gasteiger partial charge >= 0.3 is 0 Å². The number of thiocarbonyl (C=S) groups is 1. The molecule has 0 aliphatic heterocycles. The molecule has 17 heavy (non-hydrogen) atoms. The van der Waals surface area contributed by atoms with E-state index in [-0.39, 0.29) is 4.99 Å². The highest BCUT2D eigenvalue weighted by Gasteiger charge is 2.06. The van der Waals surface area contributed by atoms with Crippen LogP contribution in [-0.2, 0) is 6.54 Å². The van der Waals surface area contributed by atoms with E-state index in [2.05, 4.69) is 10.1 Å². The Bertz CT molecular complexity index is 567. The fourth-order valence-electron chi connectivity index (χ4n) is 1.31. The maximum atomic E-state index is 6.05. The second-order valence-corrected chi connectivity index (χ2v) is 4.65. The molecule has 1 heterocycles. The minimum Gasteiger partial charge on any atom is -0.387 e. The summed E-state index contributed by atoms with van der Waals surface area (Å²) in [6.07, 6.45) is 1.55. The van der Waals surface area contributed by atoms with Crippen molar-refractivity contribution < 1.29 is 0 Å². The standard InChI is InChI=1S/C10H8Cl2N4S/c11-7-2-1-6(8(12)3-7)4-16-5-14-10(15-16)9(13)17/h1-3,5H,4H2,(H2,13,17). The normalized spacial score (nSPS) is 10.5. The molecule has 2 rings (SSSR count). The molecule has 0 saturated carbocycles. The summed E-state index contributed by atoms with van der Waals surface area (Å²) < 4.78 is 1.61. The van der Waals surface area contributed by atoms with E-state index in [0.717, 1.165) is 5.56 Å². The Kier molecular flexibility index (Phi) is 3.61. The molecule has 0 bridgehead atoms. The molecule has 2 aromatic rings. The van der Waals surface area contributed by atoms with Crippen molar-refractivity contribution in [3.8, 4) is 0 Å². The molecule has 7 heteroatoms. The number of halogens is 2. The highest BCUT2D eigenvalue weighted by molar-refractivity contribution is 7.80. The number of nitrogens with zero attached hydrogens (tertiary/aromatic N) is 3. The second-order valence-electron chi connectivity index (χ2n) is 3.37. The van der Waals surface area contributed by atoms with Gasteiger partial charge in [-0.25, -0.2) is 9.67 Å². The Morgan fingerprint density at radius 2 is 2.18 bits per heavy atom. The van der Waals surface area contributed by atoms with E-state index in [9.17, 15) is 0 Å². The second kappa shape index (κ2) is 5.00. The Balaban J connectivity index is 2.22. The van der Waals surface area contributed by atoms with Gasteiger partial charge in [0.15, 0.2) is 0 Å². The molecule has 1 aromatic carbocycles. The Morgan fingerprint density at radius 3 is 2.76 bits per heavy atom. The van der Waals surface area contributed by atoms with Gasteiger partial charge in [0.1, 0.15) is 11.3 Å². The van der Waals surface area contributed by atoms with Crippen LogP contribution in [0.25, 0.3) is 0 Å². The van der Waals surface area contributed by atoms with E-state index in [1.165, 1.54) is 0 Å². The number of hydrogen-bond donors (Lipinski definition) is 1. The van der Waals surface area contributed by atoms with Crippen LogP contribution in [0.5, 0.6) is 0 Å². The highest BCUT2D eigenvalue weighted by atomic mass is 35.5. The van der Waals surface area contributed by atoms with Crippen LogP contribution in [0.15, 0.2) is 24.5 Å². The summed E-state index contributed by atoms with van der Waals surface area (Å²) in [5.41, 5.74) is 6.32. The largest absolute Gasteiger partial charge is 0.387 e. The predicted octanol–water partition coefficient (Wildman–Crippen LogP) is 2.27. The number of benzene rings is 1. The van der Waals surface area contributed by atoms with Crippen molar-refractivity contribution in [1.82, 2.24) is 14.8 Å². The minimum absolute atomic E-state index is 0.172. The lowest BCUT2D eigenvalue weighted by molar-refractivity contribution is 0.683. The van der Waals surface area contributed by atoms with Gasteiger partial charge < -0.3 is 5.73 Å². The third-order valence-corrected chi connectivity index (χ3v) is 2.87. The number of rotatable bonds is 3. The maximum absolute atomic E-state index is 6.05. The Morgan fingerprint density at radius 1 is 1.41 bits per heavy atom. The van der Waals surface area contributed by atoms with E-state index in [0.29, 0.717) is 22.4 Å². The molecule has 0 aliphatic carbocycles. The summed E-state index contributed by atoms with van der Waals surface area (Å²) in [5.74, 6) is 0.352. The van der Waals surface area contributed by atoms with Crippen LogP contribution in [0.4, 0.5) is 0 Å². The van der Waals surface area contributed by atoms with Crippen molar-refractivity contribution in [2.75, 3.05) is 0 Å². The third-order valence-electron chi connectivity index (χ3n) is 2.10. The van der Waals surface area contributed by atoms with Crippen LogP contribution in [0.1, 0.15) is 11.4 Å². The van der Waals surface area contributed by atoms with Gasteiger partial charge in [0.25, 0.3) is 0 Å². The van der Waals surface area contributed by atoms with E-state index < -0.39 is 0 Å². The highest BCUT2D eigenvalue weighted by Crippen LogP contribution is 2.21. The quantitative estimate of drug-likeness (QED) is 0.880. The first-order valence-corrected chi connectivity index (χ1v) is 5.86. The summed E-state index contributed by atoms with van der Waals surface area (Å²) in [6.45, 7) is 0.492. The first-order chi connectivity index (χ1) is 8.06. The predicted molar refractivity (Wildman–Crippen MR) is 71.5 cm³/mol. The van der Waals surface area contributed by atoms with Gasteiger partial charge in [0.05, 0.1) is 6.54 Å². The molecule has 0 spiro atoms. The molecule has 1 aromatic heterocycles. The zero-order valence-electron chi connectivity index (χ0n) is 8.60. The summed E-state index contributed by atoms with van der Waals surface area (Å²) in [4.78, 5) is 4.15. The summed E-state index contributed by atoms with van der Waals surface area (Å²) in [5, 5.41) is 5.30. The van der Waals surface area contributed by atoms with E-state index in [1.54, 1.807) is 23.1 Å². The van der Waals surface area contributed by atoms with Crippen LogP contribution in [0, 0.1) is 0 Å². The van der Waals surface area contributed by atoms with Crippen molar-refractivity contribution in [1.29, 1.82) is 0 Å². The van der Waals surface area contributed by atoms with Crippen molar-refractivity contribution in [3.05, 3.63) is 46.0 Å². The van der Waals surface area contributed by atoms with Crippen LogP contribution < -0.4 is 5.73 Å². The zero-order chi connectivity index (χ0) is 12.4. The van der Waals surface area contributed by atoms with Crippen LogP contribution >= 0.6 is 35.4 Å². The molecule has 0 aliphatic rings. The van der Waals surface area contributed by atoms with Gasteiger partial charge in [-0.05, 0) is 17.7 Å². The third kappa shape index (κ3) is 2.94. The molecule has 2 N–H and O–H groups in total. The summed E-state index contributed by atoms with van der Waals surface area (Å²) in [7, 11) is 0. The van der Waals surface area contributed by atoms with Gasteiger partial charge in [0, 0.05) is 10.0 Å². The average molecular weight is 287 g/mol. The fourth-order valence-corrected chi connectivity index (χ4v) is 1.87. The monoisotopic (exact) mass is 286 g/mol. The van der Waals surface area contributed by atoms with Crippen LogP contribution in [-0.4, -0.2) is 19.8 Å². The zero-order valence-corrected chi connectivity index (χ0v) is 10.9. The van der Waals surface area contributed by atoms with Crippen molar-refractivity contribution >= 4 is 40.4 Å². The molecule has 0 amide bonds. The minimum atomic E-state index is 0.172. The first kappa shape index (κ1) is 12.3. The summed E-state index contributed by atoms with van der Waals surface area (Å²) >= 11 is 16.6. The van der Waals surface area contributed by atoms with E-state index in [1.807, 2.05) is 6.07 Å². The number of hydrogen-bond acceptors (Lipinski definition) is 3. The molecule has 0 unspecified atom stereocenters. The fraction of sp³-hybridized carbons (Fsp3) is 0.100. The first-order valence-electron chi connectivity index (χ1n) is 4.69. The molecule has 88 valence electrons. The van der Waals surface area contributed by atoms with Gasteiger partial charge in [-0.2, -0.15) is 0 Å². The Hall–Kier alpha value is -1.17.